The summed E-state index contributed by atoms with van der Waals surface area (Å²) in [6.07, 6.45) is 0. The van der Waals surface area contributed by atoms with Gasteiger partial charge in [-0.25, -0.2) is 0 Å². The first kappa shape index (κ1) is 13.6. The average molecular weight is 277 g/mol. The first-order valence-electron chi connectivity index (χ1n) is 6.16. The predicted octanol–water partition coefficient (Wildman–Crippen LogP) is 3.87. The summed E-state index contributed by atoms with van der Waals surface area (Å²) in [5.41, 5.74) is 2.02. The molecule has 0 radical (unpaired) electrons. The molecule has 0 unspecified atom stereocenters. The van der Waals surface area contributed by atoms with Crippen molar-refractivity contribution in [3.63, 3.8) is 0 Å². The Bertz CT molecular complexity index is 531. The van der Waals surface area contributed by atoms with E-state index in [0.717, 1.165) is 35.2 Å². The van der Waals surface area contributed by atoms with Gasteiger partial charge < -0.3 is 15.4 Å². The van der Waals surface area contributed by atoms with Crippen LogP contribution in [-0.4, -0.2) is 20.2 Å². The fourth-order valence-electron chi connectivity index (χ4n) is 1.79. The molecule has 0 aromatic heterocycles. The minimum absolute atomic E-state index is 0.739. The SMILES string of the molecule is COc1ccccc1NCCNc1cccc(Cl)c1. The molecule has 2 rings (SSSR count). The van der Waals surface area contributed by atoms with Crippen LogP contribution in [0.15, 0.2) is 48.5 Å². The Morgan fingerprint density at radius 1 is 1.00 bits per heavy atom. The van der Waals surface area contributed by atoms with Gasteiger partial charge in [-0.15, -0.1) is 0 Å². The molecule has 4 heteroatoms. The molecule has 0 saturated carbocycles. The molecule has 0 fully saturated rings. The van der Waals surface area contributed by atoms with Crippen LogP contribution in [0.2, 0.25) is 5.02 Å². The summed E-state index contributed by atoms with van der Waals surface area (Å²) in [5.74, 6) is 0.852. The second-order valence-corrected chi connectivity index (χ2v) is 4.50. The third kappa shape index (κ3) is 4.07. The molecule has 100 valence electrons. The Hall–Kier alpha value is -1.87. The van der Waals surface area contributed by atoms with Crippen molar-refractivity contribution < 1.29 is 4.74 Å². The Morgan fingerprint density at radius 2 is 1.79 bits per heavy atom. The topological polar surface area (TPSA) is 33.3 Å². The summed E-state index contributed by atoms with van der Waals surface area (Å²) in [7, 11) is 1.67. The van der Waals surface area contributed by atoms with E-state index in [1.807, 2.05) is 48.5 Å². The molecule has 0 atom stereocenters. The van der Waals surface area contributed by atoms with E-state index >= 15 is 0 Å². The van der Waals surface area contributed by atoms with Crippen LogP contribution in [-0.2, 0) is 0 Å². The minimum Gasteiger partial charge on any atom is -0.495 e. The number of hydrogen-bond acceptors (Lipinski definition) is 3. The van der Waals surface area contributed by atoms with E-state index in [1.54, 1.807) is 7.11 Å². The maximum atomic E-state index is 5.92. The highest BCUT2D eigenvalue weighted by Crippen LogP contribution is 2.22. The summed E-state index contributed by atoms with van der Waals surface area (Å²) in [6.45, 7) is 1.60. The number of anilines is 2. The van der Waals surface area contributed by atoms with Gasteiger partial charge in [-0.05, 0) is 30.3 Å². The Morgan fingerprint density at radius 3 is 2.58 bits per heavy atom. The van der Waals surface area contributed by atoms with Crippen molar-refractivity contribution in [1.29, 1.82) is 0 Å². The lowest BCUT2D eigenvalue weighted by Crippen LogP contribution is -2.14. The maximum absolute atomic E-state index is 5.92. The number of rotatable bonds is 6. The summed E-state index contributed by atoms with van der Waals surface area (Å²) in [4.78, 5) is 0. The van der Waals surface area contributed by atoms with E-state index in [1.165, 1.54) is 0 Å². The molecule has 0 aliphatic rings. The van der Waals surface area contributed by atoms with Gasteiger partial charge in [0.05, 0.1) is 12.8 Å². The quantitative estimate of drug-likeness (QED) is 0.786. The summed E-state index contributed by atoms with van der Waals surface area (Å²) in [6, 6.07) is 15.6. The second-order valence-electron chi connectivity index (χ2n) is 4.06. The van der Waals surface area contributed by atoms with Gasteiger partial charge in [0.25, 0.3) is 0 Å². The number of ether oxygens (including phenoxy) is 1. The van der Waals surface area contributed by atoms with Crippen LogP contribution in [0.25, 0.3) is 0 Å². The molecular weight excluding hydrogens is 260 g/mol. The average Bonchev–Trinajstić information content (AvgIpc) is 2.44. The molecule has 0 heterocycles. The fourth-order valence-corrected chi connectivity index (χ4v) is 1.98. The van der Waals surface area contributed by atoms with Crippen LogP contribution in [0.5, 0.6) is 5.75 Å². The second kappa shape index (κ2) is 6.90. The monoisotopic (exact) mass is 276 g/mol. The Balaban J connectivity index is 1.81. The molecule has 0 aliphatic carbocycles. The van der Waals surface area contributed by atoms with E-state index < -0.39 is 0 Å². The third-order valence-corrected chi connectivity index (χ3v) is 2.94. The molecule has 0 saturated heterocycles. The number of halogens is 1. The number of para-hydroxylation sites is 2. The predicted molar refractivity (Wildman–Crippen MR) is 81.4 cm³/mol. The summed E-state index contributed by atoms with van der Waals surface area (Å²) in [5, 5.41) is 7.37. The highest BCUT2D eigenvalue weighted by molar-refractivity contribution is 6.30. The lowest BCUT2D eigenvalue weighted by Gasteiger charge is -2.12. The van der Waals surface area contributed by atoms with Crippen molar-refractivity contribution in [3.8, 4) is 5.75 Å². The Labute approximate surface area is 118 Å². The van der Waals surface area contributed by atoms with Gasteiger partial charge in [0, 0.05) is 23.8 Å². The van der Waals surface area contributed by atoms with Crippen LogP contribution in [0, 0.1) is 0 Å². The molecule has 0 amide bonds. The maximum Gasteiger partial charge on any atom is 0.141 e. The molecule has 2 aromatic carbocycles. The first-order chi connectivity index (χ1) is 9.29. The molecule has 0 aliphatic heterocycles. The first-order valence-corrected chi connectivity index (χ1v) is 6.54. The van der Waals surface area contributed by atoms with E-state index in [9.17, 15) is 0 Å². The van der Waals surface area contributed by atoms with Crippen LogP contribution >= 0.6 is 11.6 Å². The molecule has 19 heavy (non-hydrogen) atoms. The standard InChI is InChI=1S/C15H17ClN2O/c1-19-15-8-3-2-7-14(15)18-10-9-17-13-6-4-5-12(16)11-13/h2-8,11,17-18H,9-10H2,1H3. The van der Waals surface area contributed by atoms with Gasteiger partial charge in [-0.2, -0.15) is 0 Å². The number of hydrogen-bond donors (Lipinski definition) is 2. The van der Waals surface area contributed by atoms with Gasteiger partial charge in [0.1, 0.15) is 5.75 Å². The van der Waals surface area contributed by atoms with Crippen molar-refractivity contribution >= 4 is 23.0 Å². The number of methoxy groups -OCH3 is 1. The third-order valence-electron chi connectivity index (χ3n) is 2.70. The Kier molecular flexibility index (Phi) is 4.93. The lowest BCUT2D eigenvalue weighted by molar-refractivity contribution is 0.416. The molecule has 0 bridgehead atoms. The summed E-state index contributed by atoms with van der Waals surface area (Å²) >= 11 is 5.92. The van der Waals surface area contributed by atoms with Crippen LogP contribution < -0.4 is 15.4 Å². The van der Waals surface area contributed by atoms with Crippen LogP contribution in [0.4, 0.5) is 11.4 Å². The van der Waals surface area contributed by atoms with E-state index in [-0.39, 0.29) is 0 Å². The zero-order valence-electron chi connectivity index (χ0n) is 10.8. The van der Waals surface area contributed by atoms with Gasteiger partial charge >= 0.3 is 0 Å². The normalized spacial score (nSPS) is 10.0. The van der Waals surface area contributed by atoms with Crippen molar-refractivity contribution in [3.05, 3.63) is 53.6 Å². The van der Waals surface area contributed by atoms with Gasteiger partial charge in [-0.1, -0.05) is 29.8 Å². The van der Waals surface area contributed by atoms with Gasteiger partial charge in [0.2, 0.25) is 0 Å². The van der Waals surface area contributed by atoms with Crippen molar-refractivity contribution in [1.82, 2.24) is 0 Å². The smallest absolute Gasteiger partial charge is 0.141 e. The van der Waals surface area contributed by atoms with Crippen LogP contribution in [0.3, 0.4) is 0 Å². The van der Waals surface area contributed by atoms with Crippen molar-refractivity contribution in [2.24, 2.45) is 0 Å². The van der Waals surface area contributed by atoms with Gasteiger partial charge in [0.15, 0.2) is 0 Å². The molecule has 2 aromatic rings. The fraction of sp³-hybridized carbons (Fsp3) is 0.200. The van der Waals surface area contributed by atoms with Crippen molar-refractivity contribution in [2.75, 3.05) is 30.8 Å². The molecular formula is C15H17ClN2O. The van der Waals surface area contributed by atoms with E-state index in [4.69, 9.17) is 16.3 Å². The highest BCUT2D eigenvalue weighted by atomic mass is 35.5. The number of benzene rings is 2. The van der Waals surface area contributed by atoms with E-state index in [2.05, 4.69) is 10.6 Å². The minimum atomic E-state index is 0.739. The van der Waals surface area contributed by atoms with Gasteiger partial charge in [-0.3, -0.25) is 0 Å². The zero-order valence-corrected chi connectivity index (χ0v) is 11.6. The summed E-state index contributed by atoms with van der Waals surface area (Å²) < 4.78 is 5.28. The lowest BCUT2D eigenvalue weighted by atomic mass is 10.3. The molecule has 0 spiro atoms. The van der Waals surface area contributed by atoms with Crippen LogP contribution in [0.1, 0.15) is 0 Å². The zero-order chi connectivity index (χ0) is 13.5. The molecule has 2 N–H and O–H groups in total. The molecule has 3 nitrogen and oxygen atoms in total. The van der Waals surface area contributed by atoms with E-state index in [0.29, 0.717) is 0 Å². The van der Waals surface area contributed by atoms with Crippen molar-refractivity contribution in [2.45, 2.75) is 0 Å². The largest absolute Gasteiger partial charge is 0.495 e. The highest BCUT2D eigenvalue weighted by Gasteiger charge is 1.99. The number of nitrogens with one attached hydrogen (secondary N) is 2.